The lowest BCUT2D eigenvalue weighted by atomic mass is 10.2. The van der Waals surface area contributed by atoms with Crippen LogP contribution in [0.3, 0.4) is 0 Å². The van der Waals surface area contributed by atoms with E-state index in [-0.39, 0.29) is 10.8 Å². The van der Waals surface area contributed by atoms with Crippen LogP contribution in [0.5, 0.6) is 5.88 Å². The SMILES string of the molecule is COCCOc1ccc(N2CCN(C(=O)c3ccc(S(=O)(=O)N(C)C)cc3)CC2)nn1. The van der Waals surface area contributed by atoms with E-state index >= 15 is 0 Å². The molecule has 1 fully saturated rings. The monoisotopic (exact) mass is 449 g/mol. The van der Waals surface area contributed by atoms with E-state index in [1.54, 1.807) is 30.2 Å². The van der Waals surface area contributed by atoms with E-state index in [2.05, 4.69) is 15.1 Å². The average Bonchev–Trinajstić information content (AvgIpc) is 2.79. The highest BCUT2D eigenvalue weighted by Gasteiger charge is 2.24. The quantitative estimate of drug-likeness (QED) is 0.543. The molecule has 10 nitrogen and oxygen atoms in total. The molecule has 3 rings (SSSR count). The first-order valence-electron chi connectivity index (χ1n) is 9.85. The first-order valence-corrected chi connectivity index (χ1v) is 11.3. The first kappa shape index (κ1) is 22.9. The highest BCUT2D eigenvalue weighted by molar-refractivity contribution is 7.89. The Morgan fingerprint density at radius 2 is 1.68 bits per heavy atom. The summed E-state index contributed by atoms with van der Waals surface area (Å²) < 4.78 is 35.8. The van der Waals surface area contributed by atoms with Gasteiger partial charge in [-0.15, -0.1) is 10.2 Å². The summed E-state index contributed by atoms with van der Waals surface area (Å²) in [7, 11) is 1.03. The highest BCUT2D eigenvalue weighted by atomic mass is 32.2. The molecule has 1 aromatic heterocycles. The van der Waals surface area contributed by atoms with E-state index in [1.165, 1.54) is 26.2 Å². The Bertz CT molecular complexity index is 972. The molecule has 1 saturated heterocycles. The van der Waals surface area contributed by atoms with E-state index in [1.807, 2.05) is 6.07 Å². The van der Waals surface area contributed by atoms with Gasteiger partial charge in [-0.2, -0.15) is 0 Å². The zero-order valence-electron chi connectivity index (χ0n) is 17.9. The number of ether oxygens (including phenoxy) is 2. The fourth-order valence-electron chi connectivity index (χ4n) is 3.09. The number of piperazine rings is 1. The summed E-state index contributed by atoms with van der Waals surface area (Å²) in [6.07, 6.45) is 0. The van der Waals surface area contributed by atoms with Gasteiger partial charge in [0.1, 0.15) is 6.61 Å². The standard InChI is InChI=1S/C20H27N5O5S/c1-23(2)31(27,28)17-6-4-16(5-7-17)20(26)25-12-10-24(11-13-25)18-8-9-19(22-21-18)30-15-14-29-3/h4-9H,10-15H2,1-3H3. The molecule has 0 N–H and O–H groups in total. The van der Waals surface area contributed by atoms with Crippen LogP contribution in [0.15, 0.2) is 41.3 Å². The van der Waals surface area contributed by atoms with E-state index in [4.69, 9.17) is 9.47 Å². The number of hydrogen-bond acceptors (Lipinski definition) is 8. The minimum Gasteiger partial charge on any atom is -0.474 e. The van der Waals surface area contributed by atoms with Crippen LogP contribution in [0, 0.1) is 0 Å². The van der Waals surface area contributed by atoms with E-state index in [0.29, 0.717) is 50.8 Å². The zero-order valence-corrected chi connectivity index (χ0v) is 18.7. The van der Waals surface area contributed by atoms with Crippen LogP contribution in [0.2, 0.25) is 0 Å². The molecule has 1 aromatic carbocycles. The van der Waals surface area contributed by atoms with Crippen LogP contribution in [0.4, 0.5) is 5.82 Å². The minimum absolute atomic E-state index is 0.124. The van der Waals surface area contributed by atoms with Crippen molar-refractivity contribution in [3.05, 3.63) is 42.0 Å². The molecule has 1 amide bonds. The Morgan fingerprint density at radius 1 is 1.00 bits per heavy atom. The fourth-order valence-corrected chi connectivity index (χ4v) is 3.99. The molecule has 1 aliphatic rings. The van der Waals surface area contributed by atoms with Gasteiger partial charge in [0.15, 0.2) is 5.82 Å². The van der Waals surface area contributed by atoms with Crippen molar-refractivity contribution < 1.29 is 22.7 Å². The third-order valence-corrected chi connectivity index (χ3v) is 6.76. The molecule has 2 heterocycles. The third-order valence-electron chi connectivity index (χ3n) is 4.93. The van der Waals surface area contributed by atoms with Gasteiger partial charge in [0.2, 0.25) is 15.9 Å². The molecule has 0 radical (unpaired) electrons. The Hall–Kier alpha value is -2.76. The van der Waals surface area contributed by atoms with Gasteiger partial charge in [0.05, 0.1) is 11.5 Å². The minimum atomic E-state index is -3.52. The maximum absolute atomic E-state index is 12.8. The fraction of sp³-hybridized carbons (Fsp3) is 0.450. The Kier molecular flexibility index (Phi) is 7.42. The lowest BCUT2D eigenvalue weighted by molar-refractivity contribution is 0.0746. The summed E-state index contributed by atoms with van der Waals surface area (Å²) in [5.41, 5.74) is 0.462. The van der Waals surface area contributed by atoms with Gasteiger partial charge >= 0.3 is 0 Å². The lowest BCUT2D eigenvalue weighted by Gasteiger charge is -2.35. The maximum Gasteiger partial charge on any atom is 0.253 e. The van der Waals surface area contributed by atoms with Crippen LogP contribution in [-0.4, -0.2) is 94.3 Å². The van der Waals surface area contributed by atoms with Gasteiger partial charge in [0, 0.05) is 59.0 Å². The number of benzene rings is 1. The molecule has 1 aliphatic heterocycles. The second kappa shape index (κ2) is 10.0. The number of carbonyl (C=O) groups excluding carboxylic acids is 1. The van der Waals surface area contributed by atoms with Crippen LogP contribution in [0.25, 0.3) is 0 Å². The Balaban J connectivity index is 1.56. The molecule has 0 aliphatic carbocycles. The molecule has 0 bridgehead atoms. The molecule has 31 heavy (non-hydrogen) atoms. The highest BCUT2D eigenvalue weighted by Crippen LogP contribution is 2.18. The second-order valence-electron chi connectivity index (χ2n) is 7.16. The summed E-state index contributed by atoms with van der Waals surface area (Å²) >= 11 is 0. The number of aromatic nitrogens is 2. The number of carbonyl (C=O) groups is 1. The van der Waals surface area contributed by atoms with Crippen molar-refractivity contribution in [2.75, 3.05) is 65.5 Å². The van der Waals surface area contributed by atoms with Crippen molar-refractivity contribution in [2.24, 2.45) is 0 Å². The van der Waals surface area contributed by atoms with Crippen molar-refractivity contribution in [1.82, 2.24) is 19.4 Å². The number of amides is 1. The third kappa shape index (κ3) is 5.49. The summed E-state index contributed by atoms with van der Waals surface area (Å²) in [6, 6.07) is 9.64. The number of sulfonamides is 1. The van der Waals surface area contributed by atoms with E-state index in [0.717, 1.165) is 10.1 Å². The summed E-state index contributed by atoms with van der Waals surface area (Å²) in [4.78, 5) is 16.8. The second-order valence-corrected chi connectivity index (χ2v) is 9.31. The smallest absolute Gasteiger partial charge is 0.253 e. The molecule has 11 heteroatoms. The normalized spacial score (nSPS) is 14.7. The molecule has 0 unspecified atom stereocenters. The van der Waals surface area contributed by atoms with Crippen LogP contribution in [-0.2, 0) is 14.8 Å². The molecule has 0 saturated carbocycles. The predicted octanol–water partition coefficient (Wildman–Crippen LogP) is 0.715. The Morgan fingerprint density at radius 3 is 2.23 bits per heavy atom. The molecular formula is C20H27N5O5S. The molecular weight excluding hydrogens is 422 g/mol. The van der Waals surface area contributed by atoms with Crippen molar-refractivity contribution in [1.29, 1.82) is 0 Å². The van der Waals surface area contributed by atoms with Crippen LogP contribution in [0.1, 0.15) is 10.4 Å². The summed E-state index contributed by atoms with van der Waals surface area (Å²) in [6.45, 7) is 3.20. The average molecular weight is 450 g/mol. The molecule has 0 spiro atoms. The number of methoxy groups -OCH3 is 1. The number of anilines is 1. The van der Waals surface area contributed by atoms with E-state index in [9.17, 15) is 13.2 Å². The van der Waals surface area contributed by atoms with Crippen molar-refractivity contribution in [3.8, 4) is 5.88 Å². The summed E-state index contributed by atoms with van der Waals surface area (Å²) in [5.74, 6) is 1.04. The van der Waals surface area contributed by atoms with Crippen LogP contribution >= 0.6 is 0 Å². The zero-order chi connectivity index (χ0) is 22.4. The maximum atomic E-state index is 12.8. The van der Waals surface area contributed by atoms with Crippen LogP contribution < -0.4 is 9.64 Å². The first-order chi connectivity index (χ1) is 14.8. The lowest BCUT2D eigenvalue weighted by Crippen LogP contribution is -2.49. The van der Waals surface area contributed by atoms with E-state index < -0.39 is 10.0 Å². The van der Waals surface area contributed by atoms with Gasteiger partial charge in [-0.25, -0.2) is 12.7 Å². The van der Waals surface area contributed by atoms with Crippen molar-refractivity contribution in [3.63, 3.8) is 0 Å². The van der Waals surface area contributed by atoms with Gasteiger partial charge in [-0.1, -0.05) is 0 Å². The number of nitrogens with zero attached hydrogens (tertiary/aromatic N) is 5. The molecule has 168 valence electrons. The van der Waals surface area contributed by atoms with Gasteiger partial charge in [0.25, 0.3) is 5.91 Å². The topological polar surface area (TPSA) is 105 Å². The number of hydrogen-bond donors (Lipinski definition) is 0. The van der Waals surface area contributed by atoms with Gasteiger partial charge < -0.3 is 19.3 Å². The molecule has 0 atom stereocenters. The van der Waals surface area contributed by atoms with Crippen molar-refractivity contribution >= 4 is 21.7 Å². The molecule has 2 aromatic rings. The number of rotatable bonds is 8. The van der Waals surface area contributed by atoms with Gasteiger partial charge in [-0.3, -0.25) is 4.79 Å². The largest absolute Gasteiger partial charge is 0.474 e. The van der Waals surface area contributed by atoms with Crippen molar-refractivity contribution in [2.45, 2.75) is 4.90 Å². The summed E-state index contributed by atoms with van der Waals surface area (Å²) in [5, 5.41) is 8.27. The Labute approximate surface area is 182 Å². The predicted molar refractivity (Wildman–Crippen MR) is 115 cm³/mol. The van der Waals surface area contributed by atoms with Gasteiger partial charge in [-0.05, 0) is 30.3 Å².